The molecule has 0 aliphatic rings. The quantitative estimate of drug-likeness (QED) is 0.108. The van der Waals surface area contributed by atoms with Crippen LogP contribution in [0.2, 0.25) is 10.0 Å². The lowest BCUT2D eigenvalue weighted by Crippen LogP contribution is -2.06. The zero-order chi connectivity index (χ0) is 25.2. The van der Waals surface area contributed by atoms with Crippen molar-refractivity contribution in [3.05, 3.63) is 135 Å². The van der Waals surface area contributed by atoms with Crippen LogP contribution in [0, 0.1) is 0 Å². The number of benzene rings is 4. The van der Waals surface area contributed by atoms with E-state index in [9.17, 15) is 0 Å². The van der Waals surface area contributed by atoms with Gasteiger partial charge in [-0.2, -0.15) is 0 Å². The topological polar surface area (TPSA) is 18.5 Å². The smallest absolute Gasteiger partial charge is 0.119 e. The summed E-state index contributed by atoms with van der Waals surface area (Å²) in [6.07, 6.45) is 0.707. The molecule has 0 N–H and O–H groups in total. The predicted octanol–water partition coefficient (Wildman–Crippen LogP) is 9.18. The molecule has 4 rings (SSSR count). The fourth-order valence-electron chi connectivity index (χ4n) is 3.99. The Hall–Kier alpha value is -2.75. The summed E-state index contributed by atoms with van der Waals surface area (Å²) in [7, 11) is 0. The minimum absolute atomic E-state index is 0.480. The summed E-state index contributed by atoms with van der Waals surface area (Å²) in [6.45, 7) is 1.57. The van der Waals surface area contributed by atoms with Gasteiger partial charge < -0.3 is 9.47 Å². The standard InChI is InChI=1S/C31H27Cl3O2/c32-19-18-30(24-6-12-27(33)13-7-24)31(25-8-14-28(34)15-9-25)26-10-16-29(17-11-26)36-21-20-35-22-23-4-2-1-3-5-23/h1-17H,18-22H2/b31-30+. The number of hydrogen-bond donors (Lipinski definition) is 0. The minimum Gasteiger partial charge on any atom is -0.491 e. The number of rotatable bonds is 11. The van der Waals surface area contributed by atoms with Crippen LogP contribution < -0.4 is 4.74 Å². The summed E-state index contributed by atoms with van der Waals surface area (Å²) < 4.78 is 11.6. The van der Waals surface area contributed by atoms with Crippen molar-refractivity contribution in [2.24, 2.45) is 0 Å². The molecule has 0 saturated carbocycles. The van der Waals surface area contributed by atoms with Crippen LogP contribution in [0.1, 0.15) is 28.7 Å². The molecule has 4 aromatic carbocycles. The van der Waals surface area contributed by atoms with Crippen LogP contribution in [-0.2, 0) is 11.3 Å². The Morgan fingerprint density at radius 3 is 1.75 bits per heavy atom. The molecule has 0 heterocycles. The third-order valence-electron chi connectivity index (χ3n) is 5.72. The summed E-state index contributed by atoms with van der Waals surface area (Å²) >= 11 is 18.6. The highest BCUT2D eigenvalue weighted by Gasteiger charge is 2.14. The average Bonchev–Trinajstić information content (AvgIpc) is 2.91. The molecule has 0 aliphatic carbocycles. The molecule has 0 radical (unpaired) electrons. The van der Waals surface area contributed by atoms with Crippen molar-refractivity contribution >= 4 is 45.9 Å². The van der Waals surface area contributed by atoms with E-state index in [2.05, 4.69) is 12.1 Å². The van der Waals surface area contributed by atoms with Gasteiger partial charge in [0.25, 0.3) is 0 Å². The summed E-state index contributed by atoms with van der Waals surface area (Å²) in [5, 5.41) is 1.40. The Morgan fingerprint density at radius 1 is 0.611 bits per heavy atom. The number of halogens is 3. The fraction of sp³-hybridized carbons (Fsp3) is 0.161. The van der Waals surface area contributed by atoms with E-state index in [0.29, 0.717) is 42.2 Å². The highest BCUT2D eigenvalue weighted by Crippen LogP contribution is 2.36. The maximum atomic E-state index is 6.26. The molecule has 5 heteroatoms. The van der Waals surface area contributed by atoms with Crippen molar-refractivity contribution in [3.8, 4) is 5.75 Å². The van der Waals surface area contributed by atoms with E-state index < -0.39 is 0 Å². The third kappa shape index (κ3) is 7.38. The first-order chi connectivity index (χ1) is 17.6. The summed E-state index contributed by atoms with van der Waals surface area (Å²) in [4.78, 5) is 0. The second kappa shape index (κ2) is 13.5. The van der Waals surface area contributed by atoms with Gasteiger partial charge in [-0.1, -0.05) is 89.9 Å². The Morgan fingerprint density at radius 2 is 1.17 bits per heavy atom. The fourth-order valence-corrected chi connectivity index (χ4v) is 4.43. The van der Waals surface area contributed by atoms with E-state index >= 15 is 0 Å². The predicted molar refractivity (Wildman–Crippen MR) is 152 cm³/mol. The second-order valence-electron chi connectivity index (χ2n) is 8.22. The van der Waals surface area contributed by atoms with Crippen LogP contribution in [0.4, 0.5) is 0 Å². The zero-order valence-corrected chi connectivity index (χ0v) is 22.1. The molecule has 36 heavy (non-hydrogen) atoms. The van der Waals surface area contributed by atoms with Crippen molar-refractivity contribution in [1.82, 2.24) is 0 Å². The van der Waals surface area contributed by atoms with Crippen molar-refractivity contribution < 1.29 is 9.47 Å². The van der Waals surface area contributed by atoms with Gasteiger partial charge in [0.15, 0.2) is 0 Å². The Kier molecular flexibility index (Phi) is 9.89. The molecule has 0 fully saturated rings. The Labute approximate surface area is 228 Å². The van der Waals surface area contributed by atoms with Gasteiger partial charge in [-0.3, -0.25) is 0 Å². The highest BCUT2D eigenvalue weighted by molar-refractivity contribution is 6.31. The molecule has 0 aromatic heterocycles. The van der Waals surface area contributed by atoms with Crippen LogP contribution in [0.15, 0.2) is 103 Å². The molecule has 0 saturated heterocycles. The van der Waals surface area contributed by atoms with Crippen LogP contribution in [0.3, 0.4) is 0 Å². The molecule has 0 spiro atoms. The minimum atomic E-state index is 0.480. The molecule has 0 aliphatic heterocycles. The molecule has 0 unspecified atom stereocenters. The number of alkyl halides is 1. The van der Waals surface area contributed by atoms with Crippen LogP contribution in [0.25, 0.3) is 11.1 Å². The van der Waals surface area contributed by atoms with Gasteiger partial charge in [-0.15, -0.1) is 11.6 Å². The zero-order valence-electron chi connectivity index (χ0n) is 19.8. The first kappa shape index (κ1) is 26.3. The Balaban J connectivity index is 1.54. The lowest BCUT2D eigenvalue weighted by molar-refractivity contribution is 0.0889. The largest absolute Gasteiger partial charge is 0.491 e. The van der Waals surface area contributed by atoms with Crippen molar-refractivity contribution in [2.75, 3.05) is 19.1 Å². The molecule has 2 nitrogen and oxygen atoms in total. The monoisotopic (exact) mass is 536 g/mol. The lowest BCUT2D eigenvalue weighted by atomic mass is 9.88. The van der Waals surface area contributed by atoms with Crippen molar-refractivity contribution in [2.45, 2.75) is 13.0 Å². The van der Waals surface area contributed by atoms with E-state index in [1.54, 1.807) is 0 Å². The van der Waals surface area contributed by atoms with Gasteiger partial charge in [-0.05, 0) is 76.2 Å². The third-order valence-corrected chi connectivity index (χ3v) is 6.42. The van der Waals surface area contributed by atoms with Gasteiger partial charge in [0.2, 0.25) is 0 Å². The summed E-state index contributed by atoms with van der Waals surface area (Å²) in [6, 6.07) is 34.0. The lowest BCUT2D eigenvalue weighted by Gasteiger charge is -2.17. The van der Waals surface area contributed by atoms with E-state index in [-0.39, 0.29) is 0 Å². The van der Waals surface area contributed by atoms with Gasteiger partial charge in [0, 0.05) is 15.9 Å². The second-order valence-corrected chi connectivity index (χ2v) is 9.47. The maximum absolute atomic E-state index is 6.26. The van der Waals surface area contributed by atoms with Gasteiger partial charge in [-0.25, -0.2) is 0 Å². The normalized spacial score (nSPS) is 11.8. The summed E-state index contributed by atoms with van der Waals surface area (Å²) in [5.74, 6) is 1.29. The highest BCUT2D eigenvalue weighted by atomic mass is 35.5. The van der Waals surface area contributed by atoms with E-state index in [4.69, 9.17) is 44.3 Å². The van der Waals surface area contributed by atoms with Gasteiger partial charge >= 0.3 is 0 Å². The first-order valence-electron chi connectivity index (χ1n) is 11.8. The Bertz CT molecular complexity index is 1250. The van der Waals surface area contributed by atoms with E-state index in [0.717, 1.165) is 39.1 Å². The molecular weight excluding hydrogens is 511 g/mol. The maximum Gasteiger partial charge on any atom is 0.119 e. The molecule has 4 aromatic rings. The van der Waals surface area contributed by atoms with Crippen LogP contribution in [0.5, 0.6) is 5.75 Å². The van der Waals surface area contributed by atoms with Gasteiger partial charge in [0.1, 0.15) is 12.4 Å². The number of allylic oxidation sites excluding steroid dienone is 1. The molecule has 0 amide bonds. The van der Waals surface area contributed by atoms with Crippen molar-refractivity contribution in [3.63, 3.8) is 0 Å². The number of ether oxygens (including phenoxy) is 2. The van der Waals surface area contributed by atoms with E-state index in [1.165, 1.54) is 0 Å². The molecule has 0 bridgehead atoms. The average molecular weight is 538 g/mol. The SMILES string of the molecule is ClCC/C(=C(/c1ccc(Cl)cc1)c1ccc(OCCOCc2ccccc2)cc1)c1ccc(Cl)cc1. The van der Waals surface area contributed by atoms with Crippen molar-refractivity contribution in [1.29, 1.82) is 0 Å². The van der Waals surface area contributed by atoms with Gasteiger partial charge in [0.05, 0.1) is 13.2 Å². The first-order valence-corrected chi connectivity index (χ1v) is 13.1. The van der Waals surface area contributed by atoms with Crippen LogP contribution >= 0.6 is 34.8 Å². The van der Waals surface area contributed by atoms with Crippen LogP contribution in [-0.4, -0.2) is 19.1 Å². The van der Waals surface area contributed by atoms with E-state index in [1.807, 2.05) is 91.0 Å². The molecular formula is C31H27Cl3O2. The molecule has 184 valence electrons. The molecule has 0 atom stereocenters. The number of hydrogen-bond acceptors (Lipinski definition) is 2. The summed E-state index contributed by atoms with van der Waals surface area (Å²) in [5.41, 5.74) is 6.62.